The molecule has 0 amide bonds. The second-order valence-corrected chi connectivity index (χ2v) is 2.31. The number of rotatable bonds is 3. The van der Waals surface area contributed by atoms with E-state index in [-0.39, 0.29) is 0 Å². The second kappa shape index (κ2) is 4.60. The van der Waals surface area contributed by atoms with E-state index in [0.717, 1.165) is 6.07 Å². The van der Waals surface area contributed by atoms with Crippen molar-refractivity contribution in [1.29, 1.82) is 5.26 Å². The van der Waals surface area contributed by atoms with Crippen molar-refractivity contribution in [2.75, 3.05) is 0 Å². The lowest BCUT2D eigenvalue weighted by Crippen LogP contribution is -2.34. The summed E-state index contributed by atoms with van der Waals surface area (Å²) in [6.07, 6.45) is -4.03. The molecule has 1 atom stereocenters. The molecule has 0 aliphatic heterocycles. The Kier molecular flexibility index (Phi) is 4.08. The molecule has 14 heavy (non-hydrogen) atoms. The van der Waals surface area contributed by atoms with Crippen LogP contribution in [0.2, 0.25) is 0 Å². The molecule has 0 aromatic heterocycles. The van der Waals surface area contributed by atoms with E-state index < -0.39 is 30.2 Å². The average Bonchev–Trinajstić information content (AvgIpc) is 2.05. The van der Waals surface area contributed by atoms with Gasteiger partial charge in [-0.25, -0.2) is 18.0 Å². The molecular formula is C7H5F4NO2. The molecule has 0 aliphatic carbocycles. The van der Waals surface area contributed by atoms with E-state index in [1.807, 2.05) is 0 Å². The molecule has 0 saturated carbocycles. The second-order valence-electron chi connectivity index (χ2n) is 2.31. The summed E-state index contributed by atoms with van der Waals surface area (Å²) in [5, 5.41) is 8.06. The van der Waals surface area contributed by atoms with Crippen LogP contribution in [0.1, 0.15) is 6.92 Å². The lowest BCUT2D eigenvalue weighted by molar-refractivity contribution is -0.209. The minimum absolute atomic E-state index is 0.294. The summed E-state index contributed by atoms with van der Waals surface area (Å²) in [5.74, 6) is -5.32. The van der Waals surface area contributed by atoms with Gasteiger partial charge in [-0.15, -0.1) is 0 Å². The van der Waals surface area contributed by atoms with Crippen molar-refractivity contribution < 1.29 is 27.1 Å². The Morgan fingerprint density at radius 1 is 1.64 bits per heavy atom. The number of esters is 1. The minimum atomic E-state index is -3.58. The maximum Gasteiger partial charge on any atom is 0.354 e. The first-order valence-corrected chi connectivity index (χ1v) is 3.26. The van der Waals surface area contributed by atoms with Gasteiger partial charge in [0, 0.05) is 6.92 Å². The fraction of sp³-hybridized carbons (Fsp3) is 0.429. The normalized spacial score (nSPS) is 15.9. The number of hydrogen-bond donors (Lipinski definition) is 0. The zero-order valence-corrected chi connectivity index (χ0v) is 6.93. The van der Waals surface area contributed by atoms with E-state index in [4.69, 9.17) is 5.26 Å². The Morgan fingerprint density at radius 3 is 2.43 bits per heavy atom. The first-order valence-electron chi connectivity index (χ1n) is 3.26. The number of carbonyl (C=O) groups is 1. The summed E-state index contributed by atoms with van der Waals surface area (Å²) < 4.78 is 51.5. The van der Waals surface area contributed by atoms with Gasteiger partial charge in [-0.2, -0.15) is 9.65 Å². The van der Waals surface area contributed by atoms with Crippen molar-refractivity contribution in [3.05, 3.63) is 11.9 Å². The van der Waals surface area contributed by atoms with Crippen LogP contribution in [0, 0.1) is 11.3 Å². The van der Waals surface area contributed by atoms with E-state index in [9.17, 15) is 22.4 Å². The van der Waals surface area contributed by atoms with Gasteiger partial charge in [0.15, 0.2) is 5.57 Å². The SMILES string of the molecule is CC(F)(OC(=O)C(C#N)=CF)C(F)F. The lowest BCUT2D eigenvalue weighted by atomic mass is 10.3. The first-order chi connectivity index (χ1) is 6.35. The van der Waals surface area contributed by atoms with E-state index in [1.165, 1.54) is 0 Å². The molecule has 0 fully saturated rings. The largest absolute Gasteiger partial charge is 0.418 e. The zero-order valence-electron chi connectivity index (χ0n) is 6.93. The molecule has 1 unspecified atom stereocenters. The topological polar surface area (TPSA) is 50.1 Å². The summed E-state index contributed by atoms with van der Waals surface area (Å²) in [4.78, 5) is 10.6. The van der Waals surface area contributed by atoms with E-state index in [2.05, 4.69) is 4.74 Å². The Hall–Kier alpha value is -1.58. The number of ether oxygens (including phenoxy) is 1. The Labute approximate surface area is 76.6 Å². The number of hydrogen-bond acceptors (Lipinski definition) is 3. The summed E-state index contributed by atoms with van der Waals surface area (Å²) >= 11 is 0. The molecular weight excluding hydrogens is 206 g/mol. The van der Waals surface area contributed by atoms with Gasteiger partial charge in [-0.3, -0.25) is 0 Å². The summed E-state index contributed by atoms with van der Waals surface area (Å²) in [7, 11) is 0. The molecule has 0 rings (SSSR count). The Morgan fingerprint density at radius 2 is 2.14 bits per heavy atom. The predicted octanol–water partition coefficient (Wildman–Crippen LogP) is 1.86. The quantitative estimate of drug-likeness (QED) is 0.310. The summed E-state index contributed by atoms with van der Waals surface area (Å²) in [6.45, 7) is 0.294. The van der Waals surface area contributed by atoms with Crippen molar-refractivity contribution in [2.24, 2.45) is 0 Å². The highest BCUT2D eigenvalue weighted by Crippen LogP contribution is 2.22. The van der Waals surface area contributed by atoms with Crippen molar-refractivity contribution in [3.8, 4) is 6.07 Å². The molecule has 0 aromatic rings. The average molecular weight is 211 g/mol. The van der Waals surface area contributed by atoms with Crippen LogP contribution in [0.5, 0.6) is 0 Å². The molecule has 0 heterocycles. The zero-order chi connectivity index (χ0) is 11.4. The van der Waals surface area contributed by atoms with E-state index >= 15 is 0 Å². The van der Waals surface area contributed by atoms with Gasteiger partial charge in [0.05, 0.1) is 0 Å². The van der Waals surface area contributed by atoms with Crippen LogP contribution in [0.15, 0.2) is 11.9 Å². The fourth-order valence-electron chi connectivity index (χ4n) is 0.395. The third-order valence-electron chi connectivity index (χ3n) is 1.13. The van der Waals surface area contributed by atoms with E-state index in [0.29, 0.717) is 6.92 Å². The molecule has 0 bridgehead atoms. The van der Waals surface area contributed by atoms with Gasteiger partial charge in [0.2, 0.25) is 0 Å². The van der Waals surface area contributed by atoms with Crippen LogP contribution in [0.25, 0.3) is 0 Å². The van der Waals surface area contributed by atoms with Crippen molar-refractivity contribution >= 4 is 5.97 Å². The third kappa shape index (κ3) is 3.05. The summed E-state index contributed by atoms with van der Waals surface area (Å²) in [5.41, 5.74) is -1.19. The van der Waals surface area contributed by atoms with Gasteiger partial charge in [-0.1, -0.05) is 0 Å². The van der Waals surface area contributed by atoms with Gasteiger partial charge < -0.3 is 4.74 Å². The predicted molar refractivity (Wildman–Crippen MR) is 36.4 cm³/mol. The molecule has 0 N–H and O–H groups in total. The number of carbonyl (C=O) groups excluding carboxylic acids is 1. The molecule has 0 saturated heterocycles. The molecule has 3 nitrogen and oxygen atoms in total. The monoisotopic (exact) mass is 211 g/mol. The molecule has 0 radical (unpaired) electrons. The van der Waals surface area contributed by atoms with Gasteiger partial charge in [0.25, 0.3) is 0 Å². The van der Waals surface area contributed by atoms with Crippen molar-refractivity contribution in [1.82, 2.24) is 0 Å². The smallest absolute Gasteiger partial charge is 0.354 e. The Balaban J connectivity index is 4.57. The van der Waals surface area contributed by atoms with Crippen LogP contribution in [0.4, 0.5) is 17.6 Å². The molecule has 7 heteroatoms. The number of alkyl halides is 3. The van der Waals surface area contributed by atoms with Crippen LogP contribution >= 0.6 is 0 Å². The first kappa shape index (κ1) is 12.4. The third-order valence-corrected chi connectivity index (χ3v) is 1.13. The van der Waals surface area contributed by atoms with Crippen molar-refractivity contribution in [2.45, 2.75) is 19.2 Å². The van der Waals surface area contributed by atoms with E-state index in [1.54, 1.807) is 0 Å². The molecule has 0 aromatic carbocycles. The number of nitrogens with zero attached hydrogens (tertiary/aromatic N) is 1. The lowest BCUT2D eigenvalue weighted by Gasteiger charge is -2.18. The van der Waals surface area contributed by atoms with Crippen LogP contribution in [-0.2, 0) is 9.53 Å². The highest BCUT2D eigenvalue weighted by atomic mass is 19.3. The molecule has 0 aliphatic rings. The molecule has 78 valence electrons. The maximum absolute atomic E-state index is 12.6. The number of nitriles is 1. The van der Waals surface area contributed by atoms with Crippen LogP contribution in [0.3, 0.4) is 0 Å². The highest BCUT2D eigenvalue weighted by Gasteiger charge is 2.39. The fourth-order valence-corrected chi connectivity index (χ4v) is 0.395. The highest BCUT2D eigenvalue weighted by molar-refractivity contribution is 5.92. The molecule has 0 spiro atoms. The van der Waals surface area contributed by atoms with Crippen LogP contribution < -0.4 is 0 Å². The summed E-state index contributed by atoms with van der Waals surface area (Å²) in [6, 6.07) is 1.01. The minimum Gasteiger partial charge on any atom is -0.418 e. The van der Waals surface area contributed by atoms with Crippen LogP contribution in [-0.4, -0.2) is 18.2 Å². The van der Waals surface area contributed by atoms with Gasteiger partial charge >= 0.3 is 18.2 Å². The Bertz CT molecular complexity index is 293. The number of halogens is 4. The van der Waals surface area contributed by atoms with Gasteiger partial charge in [0.1, 0.15) is 12.4 Å². The van der Waals surface area contributed by atoms with Gasteiger partial charge in [-0.05, 0) is 0 Å². The van der Waals surface area contributed by atoms with Crippen molar-refractivity contribution in [3.63, 3.8) is 0 Å². The maximum atomic E-state index is 12.6. The standard InChI is InChI=1S/C7H5F4NO2/c1-7(11,6(9)10)14-5(13)4(2-8)3-12/h2,6H,1H3.